The fourth-order valence-electron chi connectivity index (χ4n) is 3.77. The van der Waals surface area contributed by atoms with Crippen molar-refractivity contribution >= 4 is 29.9 Å². The molecule has 146 valence electrons. The molecule has 1 saturated carbocycles. The molecule has 2 N–H and O–H groups in total. The van der Waals surface area contributed by atoms with Crippen molar-refractivity contribution in [2.75, 3.05) is 53.0 Å². The van der Waals surface area contributed by atoms with Crippen molar-refractivity contribution in [1.29, 1.82) is 0 Å². The fourth-order valence-corrected chi connectivity index (χ4v) is 3.77. The highest BCUT2D eigenvalue weighted by Gasteiger charge is 2.36. The van der Waals surface area contributed by atoms with E-state index in [1.807, 2.05) is 7.05 Å². The predicted molar refractivity (Wildman–Crippen MR) is 118 cm³/mol. The molecular formula is C20H33IN4O. The number of benzene rings is 1. The molecule has 3 rings (SSSR count). The Bertz CT molecular complexity index is 542. The average molecular weight is 472 g/mol. The maximum Gasteiger partial charge on any atom is 0.191 e. The van der Waals surface area contributed by atoms with E-state index in [-0.39, 0.29) is 24.0 Å². The van der Waals surface area contributed by atoms with Gasteiger partial charge in [-0.15, -0.1) is 24.0 Å². The molecule has 1 saturated heterocycles. The van der Waals surface area contributed by atoms with Gasteiger partial charge in [-0.3, -0.25) is 9.89 Å². The second-order valence-corrected chi connectivity index (χ2v) is 7.32. The third-order valence-corrected chi connectivity index (χ3v) is 5.51. The number of nitrogens with zero attached hydrogens (tertiary/aromatic N) is 2. The van der Waals surface area contributed by atoms with Gasteiger partial charge in [-0.1, -0.05) is 36.8 Å². The first-order valence-electron chi connectivity index (χ1n) is 9.58. The van der Waals surface area contributed by atoms with Gasteiger partial charge in [0.2, 0.25) is 0 Å². The highest BCUT2D eigenvalue weighted by atomic mass is 127. The van der Waals surface area contributed by atoms with Crippen LogP contribution in [0.2, 0.25) is 0 Å². The third kappa shape index (κ3) is 6.39. The molecule has 5 nitrogen and oxygen atoms in total. The Morgan fingerprint density at radius 2 is 1.88 bits per heavy atom. The van der Waals surface area contributed by atoms with Gasteiger partial charge in [0.25, 0.3) is 0 Å². The molecule has 0 aromatic heterocycles. The SMILES string of the molecule is CN=C(NCCN1CCOCC1)NCC1(Cc2ccccc2)CCC1.I. The van der Waals surface area contributed by atoms with Gasteiger partial charge in [0.1, 0.15) is 0 Å². The van der Waals surface area contributed by atoms with Gasteiger partial charge in [-0.2, -0.15) is 0 Å². The van der Waals surface area contributed by atoms with Gasteiger partial charge in [-0.05, 0) is 30.2 Å². The monoisotopic (exact) mass is 472 g/mol. The summed E-state index contributed by atoms with van der Waals surface area (Å²) in [6, 6.07) is 10.9. The maximum absolute atomic E-state index is 5.39. The number of ether oxygens (including phenoxy) is 1. The van der Waals surface area contributed by atoms with E-state index in [4.69, 9.17) is 4.74 Å². The van der Waals surface area contributed by atoms with Crippen LogP contribution >= 0.6 is 24.0 Å². The van der Waals surface area contributed by atoms with Crippen LogP contribution in [0.25, 0.3) is 0 Å². The number of nitrogens with one attached hydrogen (secondary N) is 2. The first kappa shape index (κ1) is 21.4. The third-order valence-electron chi connectivity index (χ3n) is 5.51. The summed E-state index contributed by atoms with van der Waals surface area (Å²) in [6.45, 7) is 6.75. The minimum Gasteiger partial charge on any atom is -0.379 e. The van der Waals surface area contributed by atoms with Crippen LogP contribution in [0.15, 0.2) is 35.3 Å². The van der Waals surface area contributed by atoms with E-state index in [0.29, 0.717) is 5.41 Å². The van der Waals surface area contributed by atoms with Crippen LogP contribution < -0.4 is 10.6 Å². The number of morpholine rings is 1. The molecule has 1 aliphatic carbocycles. The quantitative estimate of drug-likeness (QED) is 0.364. The Labute approximate surface area is 175 Å². The molecule has 1 aromatic carbocycles. The lowest BCUT2D eigenvalue weighted by Gasteiger charge is -2.42. The first-order valence-corrected chi connectivity index (χ1v) is 9.58. The lowest BCUT2D eigenvalue weighted by molar-refractivity contribution is 0.0389. The molecule has 0 spiro atoms. The predicted octanol–water partition coefficient (Wildman–Crippen LogP) is 2.51. The molecule has 0 unspecified atom stereocenters. The van der Waals surface area contributed by atoms with Crippen molar-refractivity contribution in [3.63, 3.8) is 0 Å². The van der Waals surface area contributed by atoms with Crippen LogP contribution in [0.5, 0.6) is 0 Å². The topological polar surface area (TPSA) is 48.9 Å². The molecule has 0 radical (unpaired) electrons. The zero-order valence-electron chi connectivity index (χ0n) is 15.9. The van der Waals surface area contributed by atoms with Gasteiger partial charge in [0.15, 0.2) is 5.96 Å². The van der Waals surface area contributed by atoms with Gasteiger partial charge < -0.3 is 15.4 Å². The van der Waals surface area contributed by atoms with Crippen molar-refractivity contribution in [2.24, 2.45) is 10.4 Å². The molecule has 0 amide bonds. The van der Waals surface area contributed by atoms with Gasteiger partial charge in [-0.25, -0.2) is 0 Å². The Kier molecular flexibility index (Phi) is 9.15. The molecule has 2 fully saturated rings. The van der Waals surface area contributed by atoms with Gasteiger partial charge in [0.05, 0.1) is 13.2 Å². The van der Waals surface area contributed by atoms with E-state index in [0.717, 1.165) is 58.3 Å². The summed E-state index contributed by atoms with van der Waals surface area (Å²) < 4.78 is 5.39. The molecule has 0 atom stereocenters. The van der Waals surface area contributed by atoms with Crippen LogP contribution in [0, 0.1) is 5.41 Å². The summed E-state index contributed by atoms with van der Waals surface area (Å²) in [5.41, 5.74) is 1.84. The van der Waals surface area contributed by atoms with Crippen molar-refractivity contribution in [2.45, 2.75) is 25.7 Å². The van der Waals surface area contributed by atoms with E-state index < -0.39 is 0 Å². The van der Waals surface area contributed by atoms with Crippen LogP contribution in [0.3, 0.4) is 0 Å². The molecule has 6 heteroatoms. The van der Waals surface area contributed by atoms with Crippen LogP contribution in [-0.4, -0.2) is 63.8 Å². The Hall–Kier alpha value is -0.860. The second-order valence-electron chi connectivity index (χ2n) is 7.32. The van der Waals surface area contributed by atoms with E-state index in [2.05, 4.69) is 50.9 Å². The number of halogens is 1. The normalized spacial score (nSPS) is 20.0. The number of guanidine groups is 1. The van der Waals surface area contributed by atoms with Crippen LogP contribution in [0.1, 0.15) is 24.8 Å². The average Bonchev–Trinajstić information content (AvgIpc) is 2.63. The van der Waals surface area contributed by atoms with Crippen molar-refractivity contribution in [3.05, 3.63) is 35.9 Å². The summed E-state index contributed by atoms with van der Waals surface area (Å²) >= 11 is 0. The smallest absolute Gasteiger partial charge is 0.191 e. The van der Waals surface area contributed by atoms with Crippen molar-refractivity contribution in [3.8, 4) is 0 Å². The molecule has 26 heavy (non-hydrogen) atoms. The Balaban J connectivity index is 0.00000243. The summed E-state index contributed by atoms with van der Waals surface area (Å²) in [4.78, 5) is 6.83. The second kappa shape index (κ2) is 11.1. The number of aliphatic imine (C=N–C) groups is 1. The fraction of sp³-hybridized carbons (Fsp3) is 0.650. The zero-order valence-corrected chi connectivity index (χ0v) is 18.2. The van der Waals surface area contributed by atoms with E-state index >= 15 is 0 Å². The minimum absolute atomic E-state index is 0. The molecule has 2 aliphatic rings. The largest absolute Gasteiger partial charge is 0.379 e. The maximum atomic E-state index is 5.39. The molecule has 0 bridgehead atoms. The first-order chi connectivity index (χ1) is 12.3. The standard InChI is InChI=1S/C20H32N4O.HI/c1-21-19(22-10-11-24-12-14-25-15-13-24)23-17-20(8-5-9-20)16-18-6-3-2-4-7-18;/h2-4,6-7H,5,8-17H2,1H3,(H2,21,22,23);1H. The highest BCUT2D eigenvalue weighted by molar-refractivity contribution is 14.0. The van der Waals surface area contributed by atoms with Gasteiger partial charge >= 0.3 is 0 Å². The summed E-state index contributed by atoms with van der Waals surface area (Å²) in [7, 11) is 1.86. The molecular weight excluding hydrogens is 439 g/mol. The molecule has 1 aliphatic heterocycles. The summed E-state index contributed by atoms with van der Waals surface area (Å²) in [5, 5.41) is 7.02. The van der Waals surface area contributed by atoms with E-state index in [1.54, 1.807) is 0 Å². The Morgan fingerprint density at radius 1 is 1.15 bits per heavy atom. The molecule has 1 aromatic rings. The zero-order chi connectivity index (χ0) is 17.4. The summed E-state index contributed by atoms with van der Waals surface area (Å²) in [5.74, 6) is 0.924. The van der Waals surface area contributed by atoms with E-state index in [1.165, 1.54) is 24.8 Å². The van der Waals surface area contributed by atoms with Crippen molar-refractivity contribution in [1.82, 2.24) is 15.5 Å². The van der Waals surface area contributed by atoms with Crippen LogP contribution in [0.4, 0.5) is 0 Å². The lowest BCUT2D eigenvalue weighted by Crippen LogP contribution is -2.49. The van der Waals surface area contributed by atoms with Crippen LogP contribution in [-0.2, 0) is 11.2 Å². The van der Waals surface area contributed by atoms with E-state index in [9.17, 15) is 0 Å². The van der Waals surface area contributed by atoms with Gasteiger partial charge in [0, 0.05) is 39.8 Å². The number of rotatable bonds is 7. The summed E-state index contributed by atoms with van der Waals surface area (Å²) in [6.07, 6.45) is 5.11. The highest BCUT2D eigenvalue weighted by Crippen LogP contribution is 2.43. The number of hydrogen-bond acceptors (Lipinski definition) is 3. The Morgan fingerprint density at radius 3 is 2.50 bits per heavy atom. The molecule has 1 heterocycles. The number of hydrogen-bond donors (Lipinski definition) is 2. The lowest BCUT2D eigenvalue weighted by atomic mass is 9.65. The van der Waals surface area contributed by atoms with Crippen molar-refractivity contribution < 1.29 is 4.74 Å². The minimum atomic E-state index is 0.